The van der Waals surface area contributed by atoms with Gasteiger partial charge >= 0.3 is 18.2 Å². The Bertz CT molecular complexity index is 539. The van der Waals surface area contributed by atoms with E-state index in [4.69, 9.17) is 4.74 Å². The molecule has 10 heteroatoms. The first-order valence-corrected chi connectivity index (χ1v) is 9.00. The van der Waals surface area contributed by atoms with Crippen molar-refractivity contribution in [1.29, 1.82) is 0 Å². The number of hydrogen-bond donors (Lipinski definition) is 3. The quantitative estimate of drug-likeness (QED) is 0.686. The number of amides is 2. The van der Waals surface area contributed by atoms with Crippen LogP contribution in [0.25, 0.3) is 0 Å². The van der Waals surface area contributed by atoms with E-state index in [1.165, 1.54) is 4.90 Å². The number of carbonyl (C=O) groups excluding carboxylic acids is 1. The van der Waals surface area contributed by atoms with Crippen molar-refractivity contribution in [3.05, 3.63) is 0 Å². The standard InChI is InChI=1S/C16H24F3N3O4/c17-16(18,19)14(23)21-13-10-2-1-3-11(10)22(15(24)25)12(13)8-26-9-4-6-20-7-5-9/h9-13,20H,1-8H2,(H,21,23)(H,24,25)/t10-,11+,12-,13-/m0/s1. The first kappa shape index (κ1) is 19.2. The maximum absolute atomic E-state index is 12.7. The number of piperidine rings is 1. The number of rotatable bonds is 4. The van der Waals surface area contributed by atoms with Gasteiger partial charge in [0.2, 0.25) is 0 Å². The van der Waals surface area contributed by atoms with Crippen LogP contribution in [0.15, 0.2) is 0 Å². The number of hydrogen-bond acceptors (Lipinski definition) is 4. The Morgan fingerprint density at radius 3 is 2.50 bits per heavy atom. The van der Waals surface area contributed by atoms with Crippen molar-refractivity contribution in [3.63, 3.8) is 0 Å². The number of nitrogens with one attached hydrogen (secondary N) is 2. The van der Waals surface area contributed by atoms with Crippen LogP contribution in [-0.4, -0.2) is 72.1 Å². The molecule has 0 unspecified atom stereocenters. The highest BCUT2D eigenvalue weighted by molar-refractivity contribution is 5.82. The van der Waals surface area contributed by atoms with Gasteiger partial charge in [0.1, 0.15) is 0 Å². The number of nitrogens with zero attached hydrogens (tertiary/aromatic N) is 1. The lowest BCUT2D eigenvalue weighted by Crippen LogP contribution is -2.54. The average molecular weight is 379 g/mol. The van der Waals surface area contributed by atoms with E-state index in [1.54, 1.807) is 0 Å². The molecule has 3 fully saturated rings. The third-order valence-electron chi connectivity index (χ3n) is 5.69. The second kappa shape index (κ2) is 7.59. The fraction of sp³-hybridized carbons (Fsp3) is 0.875. The SMILES string of the molecule is O=C(O)N1[C@@H]2CCC[C@@H]2[C@H](NC(=O)C(F)(F)F)[C@@H]1COC1CCNCC1. The molecule has 2 saturated heterocycles. The highest BCUT2D eigenvalue weighted by Gasteiger charge is 2.55. The topological polar surface area (TPSA) is 90.9 Å². The summed E-state index contributed by atoms with van der Waals surface area (Å²) in [5, 5.41) is 14.8. The second-order valence-corrected chi connectivity index (χ2v) is 7.20. The Morgan fingerprint density at radius 2 is 1.88 bits per heavy atom. The molecule has 148 valence electrons. The van der Waals surface area contributed by atoms with E-state index in [9.17, 15) is 27.9 Å². The molecule has 0 aromatic carbocycles. The molecule has 26 heavy (non-hydrogen) atoms. The number of likely N-dealkylation sites (tertiary alicyclic amines) is 1. The van der Waals surface area contributed by atoms with E-state index in [-0.39, 0.29) is 24.7 Å². The van der Waals surface area contributed by atoms with Crippen molar-refractivity contribution in [2.75, 3.05) is 19.7 Å². The summed E-state index contributed by atoms with van der Waals surface area (Å²) in [5.41, 5.74) is 0. The zero-order chi connectivity index (χ0) is 18.9. The largest absolute Gasteiger partial charge is 0.471 e. The van der Waals surface area contributed by atoms with E-state index in [0.29, 0.717) is 12.8 Å². The molecule has 2 heterocycles. The fourth-order valence-corrected chi connectivity index (χ4v) is 4.54. The van der Waals surface area contributed by atoms with Gasteiger partial charge in [0.05, 0.1) is 24.8 Å². The maximum atomic E-state index is 12.7. The zero-order valence-electron chi connectivity index (χ0n) is 14.3. The van der Waals surface area contributed by atoms with E-state index in [2.05, 4.69) is 10.6 Å². The summed E-state index contributed by atoms with van der Waals surface area (Å²) in [6, 6.07) is -2.05. The van der Waals surface area contributed by atoms with Crippen LogP contribution in [0.5, 0.6) is 0 Å². The second-order valence-electron chi connectivity index (χ2n) is 7.20. The molecule has 0 bridgehead atoms. The molecule has 0 aromatic heterocycles. The van der Waals surface area contributed by atoms with Crippen LogP contribution in [0.3, 0.4) is 0 Å². The summed E-state index contributed by atoms with van der Waals surface area (Å²) in [4.78, 5) is 24.5. The number of carbonyl (C=O) groups is 2. The van der Waals surface area contributed by atoms with Crippen LogP contribution in [0, 0.1) is 5.92 Å². The number of ether oxygens (including phenoxy) is 1. The fourth-order valence-electron chi connectivity index (χ4n) is 4.54. The van der Waals surface area contributed by atoms with Gasteiger partial charge in [-0.25, -0.2) is 4.79 Å². The minimum absolute atomic E-state index is 0.00717. The van der Waals surface area contributed by atoms with Gasteiger partial charge in [-0.3, -0.25) is 9.69 Å². The molecule has 3 aliphatic rings. The molecule has 2 amide bonds. The molecule has 3 N–H and O–H groups in total. The molecule has 7 nitrogen and oxygen atoms in total. The van der Waals surface area contributed by atoms with Crippen molar-refractivity contribution in [2.45, 2.75) is 62.5 Å². The Hall–Kier alpha value is -1.55. The summed E-state index contributed by atoms with van der Waals surface area (Å²) in [5.74, 6) is -2.33. The maximum Gasteiger partial charge on any atom is 0.471 e. The molecule has 0 aromatic rings. The molecule has 1 aliphatic carbocycles. The third-order valence-corrected chi connectivity index (χ3v) is 5.69. The molecule has 0 spiro atoms. The highest BCUT2D eigenvalue weighted by atomic mass is 19.4. The van der Waals surface area contributed by atoms with Crippen LogP contribution in [0.1, 0.15) is 32.1 Å². The molecule has 3 rings (SSSR count). The first-order chi connectivity index (χ1) is 12.3. The zero-order valence-corrected chi connectivity index (χ0v) is 14.3. The highest BCUT2D eigenvalue weighted by Crippen LogP contribution is 2.42. The summed E-state index contributed by atoms with van der Waals surface area (Å²) in [6.07, 6.45) is -2.75. The van der Waals surface area contributed by atoms with E-state index in [0.717, 1.165) is 32.4 Å². The van der Waals surface area contributed by atoms with Gasteiger partial charge < -0.3 is 20.5 Å². The van der Waals surface area contributed by atoms with Gasteiger partial charge in [0, 0.05) is 12.0 Å². The first-order valence-electron chi connectivity index (χ1n) is 9.00. The van der Waals surface area contributed by atoms with Crippen molar-refractivity contribution in [3.8, 4) is 0 Å². The summed E-state index contributed by atoms with van der Waals surface area (Å²) < 4.78 is 44.0. The number of carboxylic acid groups (broad SMARTS) is 1. The lowest BCUT2D eigenvalue weighted by atomic mass is 9.95. The van der Waals surface area contributed by atoms with Crippen molar-refractivity contribution < 1.29 is 32.6 Å². The minimum atomic E-state index is -4.99. The molecule has 0 radical (unpaired) electrons. The third kappa shape index (κ3) is 3.90. The van der Waals surface area contributed by atoms with Gasteiger partial charge in [-0.05, 0) is 38.8 Å². The smallest absolute Gasteiger partial charge is 0.465 e. The van der Waals surface area contributed by atoms with Crippen LogP contribution in [0.4, 0.5) is 18.0 Å². The number of fused-ring (bicyclic) bond motifs is 1. The van der Waals surface area contributed by atoms with Crippen LogP contribution < -0.4 is 10.6 Å². The summed E-state index contributed by atoms with van der Waals surface area (Å²) >= 11 is 0. The normalized spacial score (nSPS) is 32.5. The average Bonchev–Trinajstić information content (AvgIpc) is 3.14. The monoisotopic (exact) mass is 379 g/mol. The number of alkyl halides is 3. The van der Waals surface area contributed by atoms with Gasteiger partial charge in [-0.15, -0.1) is 0 Å². The Morgan fingerprint density at radius 1 is 1.19 bits per heavy atom. The summed E-state index contributed by atoms with van der Waals surface area (Å²) in [7, 11) is 0. The summed E-state index contributed by atoms with van der Waals surface area (Å²) in [6.45, 7) is 1.57. The van der Waals surface area contributed by atoms with Crippen molar-refractivity contribution in [2.24, 2.45) is 5.92 Å². The van der Waals surface area contributed by atoms with Crippen molar-refractivity contribution in [1.82, 2.24) is 15.5 Å². The molecule has 2 aliphatic heterocycles. The van der Waals surface area contributed by atoms with Crippen LogP contribution in [-0.2, 0) is 9.53 Å². The van der Waals surface area contributed by atoms with Gasteiger partial charge in [-0.1, -0.05) is 6.42 Å². The predicted molar refractivity (Wildman–Crippen MR) is 84.6 cm³/mol. The van der Waals surface area contributed by atoms with Crippen LogP contribution in [0.2, 0.25) is 0 Å². The molecule has 4 atom stereocenters. The Balaban J connectivity index is 1.75. The van der Waals surface area contributed by atoms with Crippen LogP contribution >= 0.6 is 0 Å². The Kier molecular flexibility index (Phi) is 5.61. The van der Waals surface area contributed by atoms with E-state index in [1.807, 2.05) is 0 Å². The Labute approximate surface area is 149 Å². The minimum Gasteiger partial charge on any atom is -0.465 e. The molecular weight excluding hydrogens is 355 g/mol. The molecular formula is C16H24F3N3O4. The predicted octanol–water partition coefficient (Wildman–Crippen LogP) is 1.33. The molecule has 1 saturated carbocycles. The van der Waals surface area contributed by atoms with Gasteiger partial charge in [0.15, 0.2) is 0 Å². The number of halogens is 3. The lowest BCUT2D eigenvalue weighted by Gasteiger charge is -2.32. The van der Waals surface area contributed by atoms with Gasteiger partial charge in [-0.2, -0.15) is 13.2 Å². The van der Waals surface area contributed by atoms with Gasteiger partial charge in [0.25, 0.3) is 0 Å². The van der Waals surface area contributed by atoms with E-state index >= 15 is 0 Å². The van der Waals surface area contributed by atoms with E-state index < -0.39 is 30.3 Å². The lowest BCUT2D eigenvalue weighted by molar-refractivity contribution is -0.175. The van der Waals surface area contributed by atoms with Crippen molar-refractivity contribution >= 4 is 12.0 Å².